The molecule has 0 saturated carbocycles. The van der Waals surface area contributed by atoms with Crippen LogP contribution in [0.3, 0.4) is 0 Å². The lowest BCUT2D eigenvalue weighted by molar-refractivity contribution is 0.0133. The van der Waals surface area contributed by atoms with Crippen LogP contribution >= 0.6 is 0 Å². The van der Waals surface area contributed by atoms with Gasteiger partial charge in [0.25, 0.3) is 0 Å². The molecule has 0 aliphatic heterocycles. The van der Waals surface area contributed by atoms with Crippen molar-refractivity contribution in [1.29, 1.82) is 0 Å². The first kappa shape index (κ1) is 21.0. The van der Waals surface area contributed by atoms with Crippen molar-refractivity contribution in [2.75, 3.05) is 52.7 Å². The molecule has 0 aliphatic rings. The van der Waals surface area contributed by atoms with Crippen molar-refractivity contribution in [1.82, 2.24) is 20.3 Å². The summed E-state index contributed by atoms with van der Waals surface area (Å²) in [5.41, 5.74) is 0.919. The molecule has 1 rings (SSSR count). The van der Waals surface area contributed by atoms with E-state index in [1.54, 1.807) is 4.68 Å². The third-order valence-corrected chi connectivity index (χ3v) is 2.54. The fourth-order valence-electron chi connectivity index (χ4n) is 1.53. The van der Waals surface area contributed by atoms with Crippen molar-refractivity contribution in [2.45, 2.75) is 34.2 Å². The normalized spacial score (nSPS) is 10.4. The first-order valence-corrected chi connectivity index (χ1v) is 8.13. The van der Waals surface area contributed by atoms with Gasteiger partial charge in [-0.15, -0.1) is 5.10 Å². The SMILES string of the molecule is CC.CCNCCOCCOCCOCCn1cc(C)nn1.[HH]. The molecule has 0 fully saturated rings. The van der Waals surface area contributed by atoms with Gasteiger partial charge >= 0.3 is 0 Å². The molecular weight excluding hydrogens is 284 g/mol. The van der Waals surface area contributed by atoms with E-state index in [9.17, 15) is 0 Å². The van der Waals surface area contributed by atoms with E-state index in [1.807, 2.05) is 27.0 Å². The standard InChI is InChI=1S/C13H26N4O3.C2H6.H2/c1-3-14-4-6-18-8-10-20-11-9-19-7-5-17-12-13(2)15-16-17;1-2;/h12,14H,3-11H2,1-2H3;1-2H3;1H. The van der Waals surface area contributed by atoms with Crippen molar-refractivity contribution in [3.63, 3.8) is 0 Å². The molecule has 22 heavy (non-hydrogen) atoms. The van der Waals surface area contributed by atoms with Crippen LogP contribution in [0.5, 0.6) is 0 Å². The average Bonchev–Trinajstić information content (AvgIpc) is 2.96. The van der Waals surface area contributed by atoms with Gasteiger partial charge in [-0.25, -0.2) is 4.68 Å². The molecule has 1 heterocycles. The molecule has 1 aromatic rings. The van der Waals surface area contributed by atoms with E-state index in [-0.39, 0.29) is 1.43 Å². The van der Waals surface area contributed by atoms with E-state index in [0.29, 0.717) is 39.6 Å². The zero-order valence-electron chi connectivity index (χ0n) is 14.5. The maximum absolute atomic E-state index is 5.44. The summed E-state index contributed by atoms with van der Waals surface area (Å²) in [4.78, 5) is 0. The van der Waals surface area contributed by atoms with Crippen molar-refractivity contribution in [3.05, 3.63) is 11.9 Å². The summed E-state index contributed by atoms with van der Waals surface area (Å²) in [6.07, 6.45) is 1.89. The highest BCUT2D eigenvalue weighted by molar-refractivity contribution is 4.86. The topological polar surface area (TPSA) is 70.4 Å². The minimum absolute atomic E-state index is 0. The molecule has 0 aromatic carbocycles. The van der Waals surface area contributed by atoms with Gasteiger partial charge in [0.15, 0.2) is 0 Å². The van der Waals surface area contributed by atoms with Gasteiger partial charge in [-0.3, -0.25) is 0 Å². The Bertz CT molecular complexity index is 340. The van der Waals surface area contributed by atoms with Gasteiger partial charge in [0.2, 0.25) is 0 Å². The molecule has 0 amide bonds. The summed E-state index contributed by atoms with van der Waals surface area (Å²) in [7, 11) is 0. The minimum atomic E-state index is 0. The number of likely N-dealkylation sites (N-methyl/N-ethyl adjacent to an activating group) is 1. The molecule has 0 bridgehead atoms. The van der Waals surface area contributed by atoms with Crippen molar-refractivity contribution in [3.8, 4) is 0 Å². The molecule has 1 aromatic heterocycles. The third-order valence-electron chi connectivity index (χ3n) is 2.54. The summed E-state index contributed by atoms with van der Waals surface area (Å²) in [5, 5.41) is 11.0. The maximum atomic E-state index is 5.44. The quantitative estimate of drug-likeness (QED) is 0.556. The van der Waals surface area contributed by atoms with E-state index >= 15 is 0 Å². The number of aryl methyl sites for hydroxylation is 1. The molecule has 1 N–H and O–H groups in total. The highest BCUT2D eigenvalue weighted by Gasteiger charge is 1.95. The van der Waals surface area contributed by atoms with E-state index in [1.165, 1.54) is 0 Å². The number of ether oxygens (including phenoxy) is 3. The number of nitrogens with zero attached hydrogens (tertiary/aromatic N) is 3. The van der Waals surface area contributed by atoms with Crippen molar-refractivity contribution < 1.29 is 15.6 Å². The maximum Gasteiger partial charge on any atom is 0.0796 e. The Kier molecular flexibility index (Phi) is 15.6. The molecule has 7 heteroatoms. The number of nitrogens with one attached hydrogen (secondary N) is 1. The molecule has 0 spiro atoms. The third kappa shape index (κ3) is 12.7. The Morgan fingerprint density at radius 3 is 2.18 bits per heavy atom. The second-order valence-corrected chi connectivity index (χ2v) is 4.31. The van der Waals surface area contributed by atoms with Gasteiger partial charge in [-0.1, -0.05) is 26.0 Å². The minimum Gasteiger partial charge on any atom is -0.378 e. The van der Waals surface area contributed by atoms with Crippen molar-refractivity contribution >= 4 is 0 Å². The van der Waals surface area contributed by atoms with Crippen LogP contribution in [0.25, 0.3) is 0 Å². The Morgan fingerprint density at radius 2 is 1.64 bits per heavy atom. The Morgan fingerprint density at radius 1 is 1.05 bits per heavy atom. The highest BCUT2D eigenvalue weighted by atomic mass is 16.5. The molecular formula is C15H34N4O3. The fourth-order valence-corrected chi connectivity index (χ4v) is 1.53. The summed E-state index contributed by atoms with van der Waals surface area (Å²) in [5.74, 6) is 0. The lowest BCUT2D eigenvalue weighted by Gasteiger charge is -2.07. The van der Waals surface area contributed by atoms with Crippen molar-refractivity contribution in [2.24, 2.45) is 0 Å². The van der Waals surface area contributed by atoms with E-state index in [0.717, 1.165) is 25.4 Å². The number of aromatic nitrogens is 3. The predicted octanol–water partition coefficient (Wildman–Crippen LogP) is 1.52. The average molecular weight is 318 g/mol. The monoisotopic (exact) mass is 318 g/mol. The molecule has 0 radical (unpaired) electrons. The zero-order chi connectivity index (χ0) is 16.5. The van der Waals surface area contributed by atoms with Gasteiger partial charge in [0.1, 0.15) is 0 Å². The van der Waals surface area contributed by atoms with Crippen LogP contribution in [-0.2, 0) is 20.8 Å². The smallest absolute Gasteiger partial charge is 0.0796 e. The first-order valence-electron chi connectivity index (χ1n) is 8.13. The second-order valence-electron chi connectivity index (χ2n) is 4.31. The van der Waals surface area contributed by atoms with Gasteiger partial charge in [-0.2, -0.15) is 0 Å². The Labute approximate surface area is 135 Å². The second kappa shape index (κ2) is 16.4. The van der Waals surface area contributed by atoms with Crippen LogP contribution in [0, 0.1) is 6.92 Å². The van der Waals surface area contributed by atoms with E-state index < -0.39 is 0 Å². The zero-order valence-corrected chi connectivity index (χ0v) is 14.5. The van der Waals surface area contributed by atoms with Gasteiger partial charge in [0, 0.05) is 14.2 Å². The Balaban J connectivity index is 0. The largest absolute Gasteiger partial charge is 0.378 e. The lowest BCUT2D eigenvalue weighted by atomic mass is 10.5. The van der Waals surface area contributed by atoms with Crippen LogP contribution in [-0.4, -0.2) is 67.7 Å². The molecule has 0 atom stereocenters. The fraction of sp³-hybridized carbons (Fsp3) is 0.867. The first-order chi connectivity index (χ1) is 10.8. The highest BCUT2D eigenvalue weighted by Crippen LogP contribution is 1.89. The van der Waals surface area contributed by atoms with Crippen LogP contribution in [0.1, 0.15) is 27.9 Å². The number of rotatable bonds is 13. The van der Waals surface area contributed by atoms with Crippen LogP contribution in [0.15, 0.2) is 6.20 Å². The predicted molar refractivity (Wildman–Crippen MR) is 89.2 cm³/mol. The molecule has 0 aliphatic carbocycles. The van der Waals surface area contributed by atoms with E-state index in [2.05, 4.69) is 22.6 Å². The summed E-state index contributed by atoms with van der Waals surface area (Å²) >= 11 is 0. The van der Waals surface area contributed by atoms with Gasteiger partial charge < -0.3 is 19.5 Å². The van der Waals surface area contributed by atoms with Gasteiger partial charge in [0.05, 0.1) is 51.9 Å². The molecule has 0 saturated heterocycles. The number of hydrogen-bond donors (Lipinski definition) is 1. The molecule has 132 valence electrons. The number of hydrogen-bond acceptors (Lipinski definition) is 6. The molecule has 0 unspecified atom stereocenters. The summed E-state index contributed by atoms with van der Waals surface area (Å²) in [6, 6.07) is 0. The van der Waals surface area contributed by atoms with E-state index in [4.69, 9.17) is 14.2 Å². The van der Waals surface area contributed by atoms with Crippen LogP contribution < -0.4 is 5.32 Å². The lowest BCUT2D eigenvalue weighted by Crippen LogP contribution is -2.20. The van der Waals surface area contributed by atoms with Crippen LogP contribution in [0.4, 0.5) is 0 Å². The van der Waals surface area contributed by atoms with Gasteiger partial charge in [-0.05, 0) is 13.5 Å². The summed E-state index contributed by atoms with van der Waals surface area (Å²) in [6.45, 7) is 14.3. The molecule has 7 nitrogen and oxygen atoms in total. The van der Waals surface area contributed by atoms with Crippen LogP contribution in [0.2, 0.25) is 0 Å². The summed E-state index contributed by atoms with van der Waals surface area (Å²) < 4.78 is 18.0. The Hall–Kier alpha value is -1.02.